The summed E-state index contributed by atoms with van der Waals surface area (Å²) in [6.45, 7) is 6.82. The zero-order chi connectivity index (χ0) is 13.1. The van der Waals surface area contributed by atoms with Gasteiger partial charge < -0.3 is 9.47 Å². The van der Waals surface area contributed by atoms with Crippen molar-refractivity contribution in [3.8, 4) is 0 Å². The van der Waals surface area contributed by atoms with Gasteiger partial charge in [-0.05, 0) is 19.3 Å². The molecule has 0 spiro atoms. The number of rotatable bonds is 9. The Morgan fingerprint density at radius 2 is 1.47 bits per heavy atom. The van der Waals surface area contributed by atoms with Crippen LogP contribution in [0.15, 0.2) is 0 Å². The molecule has 0 aromatic rings. The normalized spacial score (nSPS) is 10.4. The lowest BCUT2D eigenvalue weighted by atomic mass is 10.1. The van der Waals surface area contributed by atoms with E-state index in [0.29, 0.717) is 32.0 Å². The molecule has 4 heteroatoms. The average Bonchev–Trinajstić information content (AvgIpc) is 2.30. The van der Waals surface area contributed by atoms with Crippen LogP contribution in [0, 0.1) is 5.92 Å². The Morgan fingerprint density at radius 3 is 1.94 bits per heavy atom. The molecule has 0 aromatic carbocycles. The lowest BCUT2D eigenvalue weighted by Crippen LogP contribution is -2.13. The van der Waals surface area contributed by atoms with Crippen LogP contribution in [0.3, 0.4) is 0 Å². The summed E-state index contributed by atoms with van der Waals surface area (Å²) in [6, 6.07) is 0. The van der Waals surface area contributed by atoms with E-state index in [-0.39, 0.29) is 18.4 Å². The highest BCUT2D eigenvalue weighted by Gasteiger charge is 2.09. The molecule has 0 heterocycles. The van der Waals surface area contributed by atoms with Gasteiger partial charge in [0.2, 0.25) is 0 Å². The van der Waals surface area contributed by atoms with Gasteiger partial charge in [-0.2, -0.15) is 0 Å². The lowest BCUT2D eigenvalue weighted by Gasteiger charge is -2.12. The fourth-order valence-electron chi connectivity index (χ4n) is 1.42. The number of carbonyl (C=O) groups is 2. The van der Waals surface area contributed by atoms with Crippen LogP contribution in [0.1, 0.15) is 52.9 Å². The van der Waals surface area contributed by atoms with Crippen LogP contribution in [0.2, 0.25) is 0 Å². The molecular weight excluding hydrogens is 220 g/mol. The summed E-state index contributed by atoms with van der Waals surface area (Å²) in [4.78, 5) is 22.4. The third kappa shape index (κ3) is 8.72. The van der Waals surface area contributed by atoms with Gasteiger partial charge in [0.15, 0.2) is 0 Å². The van der Waals surface area contributed by atoms with Crippen molar-refractivity contribution in [2.24, 2.45) is 5.92 Å². The molecule has 4 nitrogen and oxygen atoms in total. The average molecular weight is 244 g/mol. The standard InChI is InChI=1S/C13H24O4/c1-4-11(5-2)10-17-13(15)9-7-8-12(14)16-6-3/h11H,4-10H2,1-3H3. The minimum Gasteiger partial charge on any atom is -0.466 e. The van der Waals surface area contributed by atoms with Crippen molar-refractivity contribution in [2.75, 3.05) is 13.2 Å². The largest absolute Gasteiger partial charge is 0.466 e. The monoisotopic (exact) mass is 244 g/mol. The van der Waals surface area contributed by atoms with Gasteiger partial charge in [0.1, 0.15) is 0 Å². The summed E-state index contributed by atoms with van der Waals surface area (Å²) in [5, 5.41) is 0. The highest BCUT2D eigenvalue weighted by molar-refractivity contribution is 5.72. The van der Waals surface area contributed by atoms with E-state index in [1.165, 1.54) is 0 Å². The molecule has 0 bridgehead atoms. The Balaban J connectivity index is 3.56. The molecule has 0 rings (SSSR count). The number of carbonyl (C=O) groups excluding carboxylic acids is 2. The topological polar surface area (TPSA) is 52.6 Å². The molecular formula is C13H24O4. The first kappa shape index (κ1) is 15.9. The molecule has 0 aromatic heterocycles. The molecule has 0 N–H and O–H groups in total. The summed E-state index contributed by atoms with van der Waals surface area (Å²) < 4.78 is 9.90. The van der Waals surface area contributed by atoms with E-state index in [1.807, 2.05) is 0 Å². The van der Waals surface area contributed by atoms with Gasteiger partial charge in [0.25, 0.3) is 0 Å². The number of esters is 2. The van der Waals surface area contributed by atoms with Crippen molar-refractivity contribution < 1.29 is 19.1 Å². The summed E-state index contributed by atoms with van der Waals surface area (Å²) in [5.41, 5.74) is 0. The Bertz CT molecular complexity index is 221. The first-order valence-electron chi connectivity index (χ1n) is 6.45. The van der Waals surface area contributed by atoms with Crippen LogP contribution in [0.25, 0.3) is 0 Å². The molecule has 17 heavy (non-hydrogen) atoms. The fourth-order valence-corrected chi connectivity index (χ4v) is 1.42. The smallest absolute Gasteiger partial charge is 0.305 e. The Hall–Kier alpha value is -1.06. The minimum atomic E-state index is -0.250. The highest BCUT2D eigenvalue weighted by Crippen LogP contribution is 2.08. The zero-order valence-electron chi connectivity index (χ0n) is 11.2. The summed E-state index contributed by atoms with van der Waals surface area (Å²) in [5.74, 6) is -0.0227. The zero-order valence-corrected chi connectivity index (χ0v) is 11.2. The van der Waals surface area contributed by atoms with E-state index in [9.17, 15) is 9.59 Å². The van der Waals surface area contributed by atoms with Crippen LogP contribution in [-0.2, 0) is 19.1 Å². The van der Waals surface area contributed by atoms with Gasteiger partial charge in [0.05, 0.1) is 13.2 Å². The van der Waals surface area contributed by atoms with E-state index >= 15 is 0 Å². The predicted octanol–water partition coefficient (Wildman–Crippen LogP) is 2.70. The molecule has 0 aliphatic rings. The van der Waals surface area contributed by atoms with Gasteiger partial charge in [-0.1, -0.05) is 26.7 Å². The van der Waals surface area contributed by atoms with Crippen LogP contribution in [0.5, 0.6) is 0 Å². The third-order valence-electron chi connectivity index (χ3n) is 2.70. The van der Waals surface area contributed by atoms with Crippen LogP contribution < -0.4 is 0 Å². The van der Waals surface area contributed by atoms with Crippen molar-refractivity contribution in [1.82, 2.24) is 0 Å². The maximum atomic E-state index is 11.3. The summed E-state index contributed by atoms with van der Waals surface area (Å²) in [6.07, 6.45) is 3.12. The number of hydrogen-bond donors (Lipinski definition) is 0. The van der Waals surface area contributed by atoms with Crippen molar-refractivity contribution in [1.29, 1.82) is 0 Å². The molecule has 100 valence electrons. The predicted molar refractivity (Wildman–Crippen MR) is 65.5 cm³/mol. The molecule has 0 radical (unpaired) electrons. The Morgan fingerprint density at radius 1 is 0.941 bits per heavy atom. The van der Waals surface area contributed by atoms with E-state index in [2.05, 4.69) is 13.8 Å². The molecule has 0 aliphatic carbocycles. The van der Waals surface area contributed by atoms with Crippen LogP contribution in [-0.4, -0.2) is 25.2 Å². The first-order valence-corrected chi connectivity index (χ1v) is 6.45. The number of hydrogen-bond acceptors (Lipinski definition) is 4. The maximum Gasteiger partial charge on any atom is 0.305 e. The maximum absolute atomic E-state index is 11.3. The Labute approximate surface area is 104 Å². The van der Waals surface area contributed by atoms with E-state index < -0.39 is 0 Å². The molecule has 0 atom stereocenters. The third-order valence-corrected chi connectivity index (χ3v) is 2.70. The highest BCUT2D eigenvalue weighted by atomic mass is 16.5. The molecule has 0 saturated carbocycles. The second kappa shape index (κ2) is 10.1. The molecule has 0 unspecified atom stereocenters. The van der Waals surface area contributed by atoms with Crippen molar-refractivity contribution >= 4 is 11.9 Å². The number of ether oxygens (including phenoxy) is 2. The van der Waals surface area contributed by atoms with E-state index in [4.69, 9.17) is 9.47 Å². The van der Waals surface area contributed by atoms with E-state index in [0.717, 1.165) is 12.8 Å². The molecule has 0 aliphatic heterocycles. The second-order valence-corrected chi connectivity index (χ2v) is 4.02. The fraction of sp³-hybridized carbons (Fsp3) is 0.846. The quantitative estimate of drug-likeness (QED) is 0.585. The molecule has 0 amide bonds. The second-order valence-electron chi connectivity index (χ2n) is 4.02. The van der Waals surface area contributed by atoms with Crippen molar-refractivity contribution in [3.05, 3.63) is 0 Å². The van der Waals surface area contributed by atoms with Gasteiger partial charge in [-0.15, -0.1) is 0 Å². The van der Waals surface area contributed by atoms with Crippen LogP contribution >= 0.6 is 0 Å². The summed E-state index contributed by atoms with van der Waals surface area (Å²) >= 11 is 0. The molecule has 0 fully saturated rings. The lowest BCUT2D eigenvalue weighted by molar-refractivity contribution is -0.146. The van der Waals surface area contributed by atoms with Crippen LogP contribution in [0.4, 0.5) is 0 Å². The van der Waals surface area contributed by atoms with E-state index in [1.54, 1.807) is 6.92 Å². The van der Waals surface area contributed by atoms with Gasteiger partial charge in [0, 0.05) is 12.8 Å². The first-order chi connectivity index (χ1) is 8.13. The van der Waals surface area contributed by atoms with Gasteiger partial charge in [-0.3, -0.25) is 9.59 Å². The van der Waals surface area contributed by atoms with Gasteiger partial charge in [-0.25, -0.2) is 0 Å². The van der Waals surface area contributed by atoms with Crippen molar-refractivity contribution in [2.45, 2.75) is 52.9 Å². The Kier molecular flexibility index (Phi) is 9.49. The van der Waals surface area contributed by atoms with Gasteiger partial charge >= 0.3 is 11.9 Å². The minimum absolute atomic E-state index is 0.221. The SMILES string of the molecule is CCOC(=O)CCCC(=O)OCC(CC)CC. The summed E-state index contributed by atoms with van der Waals surface area (Å²) in [7, 11) is 0. The molecule has 0 saturated heterocycles. The van der Waals surface area contributed by atoms with Crippen molar-refractivity contribution in [3.63, 3.8) is 0 Å².